The van der Waals surface area contributed by atoms with Crippen LogP contribution >= 0.6 is 0 Å². The fourth-order valence-electron chi connectivity index (χ4n) is 3.65. The fraction of sp³-hybridized carbons (Fsp3) is 0.625. The van der Waals surface area contributed by atoms with Gasteiger partial charge in [0.1, 0.15) is 11.6 Å². The summed E-state index contributed by atoms with van der Waals surface area (Å²) in [6, 6.07) is 4.10. The zero-order chi connectivity index (χ0) is 14.2. The summed E-state index contributed by atoms with van der Waals surface area (Å²) in [5.74, 6) is -1.04. The summed E-state index contributed by atoms with van der Waals surface area (Å²) >= 11 is 0. The van der Waals surface area contributed by atoms with Crippen LogP contribution < -0.4 is 5.32 Å². The van der Waals surface area contributed by atoms with Crippen molar-refractivity contribution in [1.82, 2.24) is 5.32 Å². The molecule has 4 heteroatoms. The average molecular weight is 281 g/mol. The van der Waals surface area contributed by atoms with Crippen LogP contribution in [0.4, 0.5) is 8.78 Å². The van der Waals surface area contributed by atoms with Gasteiger partial charge in [0.25, 0.3) is 0 Å². The van der Waals surface area contributed by atoms with Gasteiger partial charge in [0.15, 0.2) is 0 Å². The number of rotatable bonds is 4. The van der Waals surface area contributed by atoms with Crippen molar-refractivity contribution < 1.29 is 13.9 Å². The summed E-state index contributed by atoms with van der Waals surface area (Å²) in [5, 5.41) is 13.0. The molecule has 2 N–H and O–H groups in total. The van der Waals surface area contributed by atoms with E-state index in [1.807, 2.05) is 0 Å². The molecule has 2 fully saturated rings. The van der Waals surface area contributed by atoms with E-state index in [1.54, 1.807) is 0 Å². The predicted molar refractivity (Wildman–Crippen MR) is 73.2 cm³/mol. The smallest absolute Gasteiger partial charge is 0.126 e. The van der Waals surface area contributed by atoms with Crippen molar-refractivity contribution in [3.8, 4) is 0 Å². The van der Waals surface area contributed by atoms with Gasteiger partial charge < -0.3 is 10.4 Å². The molecule has 1 aromatic carbocycles. The molecular weight excluding hydrogens is 260 g/mol. The zero-order valence-corrected chi connectivity index (χ0v) is 11.5. The van der Waals surface area contributed by atoms with E-state index in [2.05, 4.69) is 5.32 Å². The van der Waals surface area contributed by atoms with Crippen molar-refractivity contribution in [2.45, 2.75) is 50.6 Å². The van der Waals surface area contributed by atoms with Gasteiger partial charge in [-0.3, -0.25) is 0 Å². The molecule has 0 aromatic heterocycles. The molecule has 1 aliphatic carbocycles. The first kappa shape index (κ1) is 14.0. The van der Waals surface area contributed by atoms with Crippen LogP contribution in [-0.2, 0) is 0 Å². The quantitative estimate of drug-likeness (QED) is 0.887. The lowest BCUT2D eigenvalue weighted by atomic mass is 9.66. The molecule has 0 bridgehead atoms. The minimum atomic E-state index is -0.518. The van der Waals surface area contributed by atoms with Gasteiger partial charge in [0.2, 0.25) is 0 Å². The maximum Gasteiger partial charge on any atom is 0.126 e. The summed E-state index contributed by atoms with van der Waals surface area (Å²) in [4.78, 5) is 0. The number of aliphatic hydroxyl groups is 1. The number of aliphatic hydroxyl groups excluding tert-OH is 1. The maximum atomic E-state index is 13.3. The van der Waals surface area contributed by atoms with Gasteiger partial charge in [-0.25, -0.2) is 8.78 Å². The summed E-state index contributed by atoms with van der Waals surface area (Å²) in [6.45, 7) is 0.254. The third kappa shape index (κ3) is 2.72. The lowest BCUT2D eigenvalue weighted by molar-refractivity contribution is 0.0274. The van der Waals surface area contributed by atoms with Crippen molar-refractivity contribution >= 4 is 0 Å². The first-order chi connectivity index (χ1) is 9.60. The minimum Gasteiger partial charge on any atom is -0.396 e. The van der Waals surface area contributed by atoms with E-state index in [1.165, 1.54) is 18.6 Å². The molecule has 1 aliphatic heterocycles. The van der Waals surface area contributed by atoms with E-state index < -0.39 is 11.6 Å². The molecule has 20 heavy (non-hydrogen) atoms. The van der Waals surface area contributed by atoms with Crippen LogP contribution in [-0.4, -0.2) is 17.8 Å². The molecule has 2 nitrogen and oxygen atoms in total. The first-order valence-electron chi connectivity index (χ1n) is 7.43. The maximum absolute atomic E-state index is 13.3. The van der Waals surface area contributed by atoms with Crippen LogP contribution in [0.25, 0.3) is 0 Å². The normalized spacial score (nSPS) is 28.4. The van der Waals surface area contributed by atoms with Crippen LogP contribution in [0.3, 0.4) is 0 Å². The van der Waals surface area contributed by atoms with E-state index in [4.69, 9.17) is 0 Å². The second kappa shape index (κ2) is 5.41. The van der Waals surface area contributed by atoms with Gasteiger partial charge in [0, 0.05) is 24.8 Å². The Morgan fingerprint density at radius 2 is 1.85 bits per heavy atom. The molecule has 1 saturated carbocycles. The molecule has 1 aromatic rings. The molecular formula is C16H21F2NO. The Bertz CT molecular complexity index is 462. The number of hydrogen-bond acceptors (Lipinski definition) is 2. The number of halogens is 2. The van der Waals surface area contributed by atoms with Gasteiger partial charge in [-0.1, -0.05) is 6.42 Å². The van der Waals surface area contributed by atoms with E-state index in [0.29, 0.717) is 11.6 Å². The molecule has 2 aliphatic rings. The Morgan fingerprint density at radius 1 is 1.15 bits per heavy atom. The van der Waals surface area contributed by atoms with Crippen molar-refractivity contribution in [1.29, 1.82) is 0 Å². The predicted octanol–water partition coefficient (Wildman–Crippen LogP) is 3.31. The number of nitrogens with one attached hydrogen (secondary N) is 1. The molecule has 0 spiro atoms. The molecule has 0 amide bonds. The van der Waals surface area contributed by atoms with Crippen LogP contribution in [0.1, 0.15) is 50.1 Å². The van der Waals surface area contributed by atoms with Gasteiger partial charge in [-0.2, -0.15) is 0 Å². The number of hydrogen-bond donors (Lipinski definition) is 2. The Balaban J connectivity index is 1.64. The molecule has 110 valence electrons. The second-order valence-electron chi connectivity index (χ2n) is 6.41. The number of benzene rings is 1. The fourth-order valence-corrected chi connectivity index (χ4v) is 3.65. The monoisotopic (exact) mass is 281 g/mol. The van der Waals surface area contributed by atoms with Crippen molar-refractivity contribution in [2.24, 2.45) is 5.41 Å². The van der Waals surface area contributed by atoms with Crippen LogP contribution in [0.2, 0.25) is 0 Å². The molecule has 1 unspecified atom stereocenters. The summed E-state index contributed by atoms with van der Waals surface area (Å²) < 4.78 is 26.5. The van der Waals surface area contributed by atoms with Crippen LogP contribution in [0.5, 0.6) is 0 Å². The molecule has 1 heterocycles. The van der Waals surface area contributed by atoms with Gasteiger partial charge in [0.05, 0.1) is 0 Å². The average Bonchev–Trinajstić information content (AvgIpc) is 2.81. The topological polar surface area (TPSA) is 32.3 Å². The van der Waals surface area contributed by atoms with E-state index in [-0.39, 0.29) is 18.1 Å². The van der Waals surface area contributed by atoms with Crippen LogP contribution in [0, 0.1) is 17.0 Å². The SMILES string of the molecule is OCC1(CC2CC[C@H](c3cc(F)cc(F)c3)N2)CCC1. The van der Waals surface area contributed by atoms with Gasteiger partial charge in [-0.05, 0) is 55.2 Å². The molecule has 1 saturated heterocycles. The van der Waals surface area contributed by atoms with Crippen molar-refractivity contribution in [2.75, 3.05) is 6.61 Å². The lowest BCUT2D eigenvalue weighted by Crippen LogP contribution is -2.39. The Morgan fingerprint density at radius 3 is 2.40 bits per heavy atom. The summed E-state index contributed by atoms with van der Waals surface area (Å²) in [5.41, 5.74) is 0.788. The standard InChI is InChI=1S/C16H21F2NO/c17-12-6-11(7-13(18)8-12)15-3-2-14(19-15)9-16(10-20)4-1-5-16/h6-8,14-15,19-20H,1-5,9-10H2/t14?,15-/m1/s1. The third-order valence-corrected chi connectivity index (χ3v) is 4.96. The lowest BCUT2D eigenvalue weighted by Gasteiger charge is -2.42. The van der Waals surface area contributed by atoms with E-state index >= 15 is 0 Å². The van der Waals surface area contributed by atoms with E-state index in [0.717, 1.165) is 38.2 Å². The Kier molecular flexibility index (Phi) is 3.78. The highest BCUT2D eigenvalue weighted by Crippen LogP contribution is 2.46. The highest BCUT2D eigenvalue weighted by atomic mass is 19.1. The van der Waals surface area contributed by atoms with Gasteiger partial charge in [-0.15, -0.1) is 0 Å². The molecule has 2 atom stereocenters. The zero-order valence-electron chi connectivity index (χ0n) is 11.5. The Hall–Kier alpha value is -1.00. The minimum absolute atomic E-state index is 0.0287. The van der Waals surface area contributed by atoms with Crippen molar-refractivity contribution in [3.05, 3.63) is 35.4 Å². The first-order valence-corrected chi connectivity index (χ1v) is 7.43. The molecule has 3 rings (SSSR count). The largest absolute Gasteiger partial charge is 0.396 e. The van der Waals surface area contributed by atoms with Crippen molar-refractivity contribution in [3.63, 3.8) is 0 Å². The highest BCUT2D eigenvalue weighted by Gasteiger charge is 2.40. The molecule has 0 radical (unpaired) electrons. The summed E-state index contributed by atoms with van der Waals surface area (Å²) in [7, 11) is 0. The highest BCUT2D eigenvalue weighted by molar-refractivity contribution is 5.22. The Labute approximate surface area is 118 Å². The van der Waals surface area contributed by atoms with Crippen LogP contribution in [0.15, 0.2) is 18.2 Å². The third-order valence-electron chi connectivity index (χ3n) is 4.96. The van der Waals surface area contributed by atoms with Gasteiger partial charge >= 0.3 is 0 Å². The summed E-state index contributed by atoms with van der Waals surface area (Å²) in [6.07, 6.45) is 6.27. The second-order valence-corrected chi connectivity index (χ2v) is 6.41. The van der Waals surface area contributed by atoms with E-state index in [9.17, 15) is 13.9 Å².